The Morgan fingerprint density at radius 2 is 2.64 bits per heavy atom. The molecule has 0 atom stereocenters. The van der Waals surface area contributed by atoms with E-state index in [1.807, 2.05) is 6.92 Å². The predicted octanol–water partition coefficient (Wildman–Crippen LogP) is 0.289. The van der Waals surface area contributed by atoms with E-state index in [-0.39, 0.29) is 5.97 Å². The maximum absolute atomic E-state index is 11.0. The average molecular weight is 156 g/mol. The molecule has 0 aromatic carbocycles. The van der Waals surface area contributed by atoms with Gasteiger partial charge in [-0.05, 0) is 6.42 Å². The van der Waals surface area contributed by atoms with Gasteiger partial charge in [-0.25, -0.2) is 4.79 Å². The van der Waals surface area contributed by atoms with Gasteiger partial charge in [0.1, 0.15) is 5.71 Å². The Morgan fingerprint density at radius 1 is 1.82 bits per heavy atom. The quantitative estimate of drug-likeness (QED) is 0.597. The summed E-state index contributed by atoms with van der Waals surface area (Å²) in [6.45, 7) is 3.19. The Balaban J connectivity index is 2.29. The van der Waals surface area contributed by atoms with Crippen LogP contribution in [0.4, 0.5) is 0 Å². The zero-order chi connectivity index (χ0) is 8.10. The van der Waals surface area contributed by atoms with Gasteiger partial charge in [-0.1, -0.05) is 6.92 Å². The lowest BCUT2D eigenvalue weighted by atomic mass is 10.3. The molecule has 0 aromatic heterocycles. The third kappa shape index (κ3) is 2.22. The van der Waals surface area contributed by atoms with Gasteiger partial charge in [0.2, 0.25) is 0 Å². The van der Waals surface area contributed by atoms with Crippen LogP contribution in [0.5, 0.6) is 0 Å². The van der Waals surface area contributed by atoms with Crippen molar-refractivity contribution in [1.29, 1.82) is 0 Å². The van der Waals surface area contributed by atoms with Crippen molar-refractivity contribution in [2.75, 3.05) is 13.2 Å². The largest absolute Gasteiger partial charge is 0.461 e. The first-order valence-electron chi connectivity index (χ1n) is 3.81. The number of hydrogen-bond donors (Lipinski definition) is 1. The molecule has 0 saturated heterocycles. The molecule has 0 aromatic rings. The molecule has 0 aliphatic carbocycles. The first kappa shape index (κ1) is 8.04. The molecule has 1 rings (SSSR count). The first-order chi connectivity index (χ1) is 5.34. The molecule has 1 aliphatic heterocycles. The minimum absolute atomic E-state index is 0.281. The minimum atomic E-state index is -0.281. The van der Waals surface area contributed by atoms with E-state index in [2.05, 4.69) is 10.5 Å². The summed E-state index contributed by atoms with van der Waals surface area (Å²) >= 11 is 0. The number of hydrazone groups is 1. The van der Waals surface area contributed by atoms with Crippen molar-refractivity contribution in [2.45, 2.75) is 19.8 Å². The number of hydrogen-bond acceptors (Lipinski definition) is 4. The normalized spacial score (nSPS) is 15.5. The van der Waals surface area contributed by atoms with Gasteiger partial charge < -0.3 is 10.2 Å². The fourth-order valence-electron chi connectivity index (χ4n) is 0.807. The number of nitrogens with one attached hydrogen (secondary N) is 1. The molecule has 1 aliphatic rings. The smallest absolute Gasteiger partial charge is 0.354 e. The summed E-state index contributed by atoms with van der Waals surface area (Å²) in [7, 11) is 0. The number of nitrogens with zero attached hydrogens (tertiary/aromatic N) is 1. The number of ether oxygens (including phenoxy) is 1. The Kier molecular flexibility index (Phi) is 2.89. The molecule has 0 amide bonds. The number of carbonyl (C=O) groups excluding carboxylic acids is 1. The Hall–Kier alpha value is -1.06. The highest BCUT2D eigenvalue weighted by Gasteiger charge is 2.15. The van der Waals surface area contributed by atoms with E-state index in [1.165, 1.54) is 0 Å². The second-order valence-corrected chi connectivity index (χ2v) is 2.35. The summed E-state index contributed by atoms with van der Waals surface area (Å²) in [5, 5.41) is 3.78. The molecule has 4 heteroatoms. The summed E-state index contributed by atoms with van der Waals surface area (Å²) < 4.78 is 4.87. The van der Waals surface area contributed by atoms with Crippen LogP contribution in [-0.4, -0.2) is 24.8 Å². The Bertz CT molecular complexity index is 177. The molecule has 11 heavy (non-hydrogen) atoms. The van der Waals surface area contributed by atoms with Gasteiger partial charge in [-0.15, -0.1) is 0 Å². The fraction of sp³-hybridized carbons (Fsp3) is 0.714. The standard InChI is InChI=1S/C7H12N2O2/c1-2-5-11-7(10)6-3-4-8-9-6/h8H,2-5H2,1H3. The monoisotopic (exact) mass is 156 g/mol. The van der Waals surface area contributed by atoms with Crippen molar-refractivity contribution in [1.82, 2.24) is 5.43 Å². The molecule has 0 radical (unpaired) electrons. The van der Waals surface area contributed by atoms with Crippen LogP contribution in [0.3, 0.4) is 0 Å². The van der Waals surface area contributed by atoms with Gasteiger partial charge in [0.05, 0.1) is 6.61 Å². The van der Waals surface area contributed by atoms with Gasteiger partial charge >= 0.3 is 5.97 Å². The second-order valence-electron chi connectivity index (χ2n) is 2.35. The molecular formula is C7H12N2O2. The van der Waals surface area contributed by atoms with E-state index in [9.17, 15) is 4.79 Å². The van der Waals surface area contributed by atoms with Crippen molar-refractivity contribution in [3.8, 4) is 0 Å². The van der Waals surface area contributed by atoms with Gasteiger partial charge in [0.15, 0.2) is 0 Å². The van der Waals surface area contributed by atoms with Crippen LogP contribution in [0.2, 0.25) is 0 Å². The maximum atomic E-state index is 11.0. The zero-order valence-corrected chi connectivity index (χ0v) is 6.59. The molecule has 62 valence electrons. The third-order valence-corrected chi connectivity index (χ3v) is 1.36. The summed E-state index contributed by atoms with van der Waals surface area (Å²) in [6, 6.07) is 0. The van der Waals surface area contributed by atoms with Gasteiger partial charge in [-0.3, -0.25) is 0 Å². The highest BCUT2D eigenvalue weighted by Crippen LogP contribution is 1.96. The lowest BCUT2D eigenvalue weighted by Gasteiger charge is -1.99. The molecule has 1 N–H and O–H groups in total. The lowest BCUT2D eigenvalue weighted by molar-refractivity contribution is -0.135. The van der Waals surface area contributed by atoms with Crippen molar-refractivity contribution in [3.05, 3.63) is 0 Å². The minimum Gasteiger partial charge on any atom is -0.461 e. The van der Waals surface area contributed by atoms with Crippen LogP contribution < -0.4 is 5.43 Å². The van der Waals surface area contributed by atoms with Crippen LogP contribution in [0, 0.1) is 0 Å². The van der Waals surface area contributed by atoms with E-state index < -0.39 is 0 Å². The van der Waals surface area contributed by atoms with Crippen molar-refractivity contribution in [2.24, 2.45) is 5.10 Å². The number of esters is 1. The SMILES string of the molecule is CCCOC(=O)C1=NNCC1. The highest BCUT2D eigenvalue weighted by atomic mass is 16.5. The predicted molar refractivity (Wildman–Crippen MR) is 41.3 cm³/mol. The summed E-state index contributed by atoms with van der Waals surface area (Å²) in [6.07, 6.45) is 1.54. The summed E-state index contributed by atoms with van der Waals surface area (Å²) in [5.41, 5.74) is 3.23. The van der Waals surface area contributed by atoms with E-state index in [1.54, 1.807) is 0 Å². The van der Waals surface area contributed by atoms with Crippen LogP contribution in [0.1, 0.15) is 19.8 Å². The highest BCUT2D eigenvalue weighted by molar-refractivity contribution is 6.36. The van der Waals surface area contributed by atoms with Gasteiger partial charge in [0, 0.05) is 13.0 Å². The molecule has 1 heterocycles. The van der Waals surface area contributed by atoms with Crippen molar-refractivity contribution < 1.29 is 9.53 Å². The number of carbonyl (C=O) groups is 1. The molecular weight excluding hydrogens is 144 g/mol. The van der Waals surface area contributed by atoms with Gasteiger partial charge in [0.25, 0.3) is 0 Å². The van der Waals surface area contributed by atoms with Gasteiger partial charge in [-0.2, -0.15) is 5.10 Å². The fourth-order valence-corrected chi connectivity index (χ4v) is 0.807. The van der Waals surface area contributed by atoms with Crippen LogP contribution in [-0.2, 0) is 9.53 Å². The summed E-state index contributed by atoms with van der Waals surface area (Å²) in [4.78, 5) is 11.0. The molecule has 0 bridgehead atoms. The van der Waals surface area contributed by atoms with Crippen molar-refractivity contribution >= 4 is 11.7 Å². The topological polar surface area (TPSA) is 50.7 Å². The molecule has 0 unspecified atom stereocenters. The van der Waals surface area contributed by atoms with E-state index in [4.69, 9.17) is 4.74 Å². The second kappa shape index (κ2) is 3.95. The average Bonchev–Trinajstić information content (AvgIpc) is 2.52. The molecule has 0 fully saturated rings. The van der Waals surface area contributed by atoms with E-state index in [0.29, 0.717) is 18.7 Å². The van der Waals surface area contributed by atoms with E-state index in [0.717, 1.165) is 13.0 Å². The maximum Gasteiger partial charge on any atom is 0.354 e. The third-order valence-electron chi connectivity index (χ3n) is 1.36. The first-order valence-corrected chi connectivity index (χ1v) is 3.81. The Morgan fingerprint density at radius 3 is 3.18 bits per heavy atom. The molecule has 0 spiro atoms. The summed E-state index contributed by atoms with van der Waals surface area (Å²) in [5.74, 6) is -0.281. The van der Waals surface area contributed by atoms with Crippen LogP contribution in [0.25, 0.3) is 0 Å². The van der Waals surface area contributed by atoms with Crippen LogP contribution >= 0.6 is 0 Å². The molecule has 0 saturated carbocycles. The molecule has 4 nitrogen and oxygen atoms in total. The zero-order valence-electron chi connectivity index (χ0n) is 6.59. The van der Waals surface area contributed by atoms with Crippen molar-refractivity contribution in [3.63, 3.8) is 0 Å². The van der Waals surface area contributed by atoms with E-state index >= 15 is 0 Å². The lowest BCUT2D eigenvalue weighted by Crippen LogP contribution is -2.16. The van der Waals surface area contributed by atoms with Crippen LogP contribution in [0.15, 0.2) is 5.10 Å². The Labute approximate surface area is 65.6 Å². The number of rotatable bonds is 3.